The van der Waals surface area contributed by atoms with Crippen LogP contribution in [0.25, 0.3) is 82.6 Å². The zero-order valence-electron chi connectivity index (χ0n) is 29.1. The maximum atomic E-state index is 6.67. The van der Waals surface area contributed by atoms with Gasteiger partial charge in [-0.1, -0.05) is 66.7 Å². The van der Waals surface area contributed by atoms with Crippen molar-refractivity contribution in [2.24, 2.45) is 14.1 Å². The minimum atomic E-state index is 0.739. The number of fused-ring (bicyclic) bond motifs is 12. The first kappa shape index (κ1) is 29.6. The molecule has 0 saturated carbocycles. The molecule has 0 atom stereocenters. The molecule has 0 aliphatic carbocycles. The van der Waals surface area contributed by atoms with E-state index < -0.39 is 0 Å². The number of hydrogen-bond acceptors (Lipinski definition) is 2. The summed E-state index contributed by atoms with van der Waals surface area (Å²) in [5, 5.41) is 7.26. The van der Waals surface area contributed by atoms with Gasteiger partial charge in [0.25, 0.3) is 6.33 Å². The first-order valence-corrected chi connectivity index (χ1v) is 17.8. The molecule has 0 aliphatic rings. The predicted molar refractivity (Wildman–Crippen MR) is 213 cm³/mol. The van der Waals surface area contributed by atoms with Gasteiger partial charge in [-0.2, -0.15) is 0 Å². The van der Waals surface area contributed by atoms with Crippen molar-refractivity contribution in [2.75, 3.05) is 0 Å². The molecule has 7 heteroatoms. The Morgan fingerprint density at radius 2 is 1.23 bits per heavy atom. The highest BCUT2D eigenvalue weighted by atomic mass is 16.5. The highest BCUT2D eigenvalue weighted by Gasteiger charge is 2.27. The third-order valence-electron chi connectivity index (χ3n) is 10.7. The number of rotatable bonds is 5. The molecule has 5 aromatic heterocycles. The third-order valence-corrected chi connectivity index (χ3v) is 10.7. The van der Waals surface area contributed by atoms with Crippen LogP contribution in [0.2, 0.25) is 0 Å². The molecule has 0 spiro atoms. The van der Waals surface area contributed by atoms with E-state index >= 15 is 0 Å². The van der Waals surface area contributed by atoms with Crippen LogP contribution in [0.4, 0.5) is 0 Å². The van der Waals surface area contributed by atoms with Crippen molar-refractivity contribution in [1.82, 2.24) is 23.3 Å². The zero-order chi connectivity index (χ0) is 35.2. The number of para-hydroxylation sites is 3. The Labute approximate surface area is 304 Å². The minimum absolute atomic E-state index is 0.739. The van der Waals surface area contributed by atoms with Gasteiger partial charge in [-0.05, 0) is 66.7 Å². The molecule has 53 heavy (non-hydrogen) atoms. The maximum absolute atomic E-state index is 6.67. The fourth-order valence-electron chi connectivity index (χ4n) is 8.40. The Morgan fingerprint density at radius 1 is 0.566 bits per heavy atom. The molecular weight excluding hydrogens is 653 g/mol. The fourth-order valence-corrected chi connectivity index (χ4v) is 8.40. The molecule has 0 radical (unpaired) electrons. The second kappa shape index (κ2) is 11.2. The van der Waals surface area contributed by atoms with E-state index in [0.717, 1.165) is 45.1 Å². The Hall–Kier alpha value is -7.12. The van der Waals surface area contributed by atoms with Crippen LogP contribution in [-0.2, 0) is 14.1 Å². The quantitative estimate of drug-likeness (QED) is 0.134. The first-order valence-electron chi connectivity index (χ1n) is 17.8. The Bertz CT molecular complexity index is 3220. The molecule has 11 aromatic rings. The second-order valence-corrected chi connectivity index (χ2v) is 13.6. The number of hydrogen-bond donors (Lipinski definition) is 0. The summed E-state index contributed by atoms with van der Waals surface area (Å²) in [6, 6.07) is 48.4. The summed E-state index contributed by atoms with van der Waals surface area (Å²) in [7, 11) is 4.38. The topological polar surface area (TPSA) is 45.7 Å². The molecule has 0 unspecified atom stereocenters. The van der Waals surface area contributed by atoms with E-state index in [0.29, 0.717) is 0 Å². The largest absolute Gasteiger partial charge is 0.458 e. The fraction of sp³-hybridized carbons (Fsp3) is 0.0435. The summed E-state index contributed by atoms with van der Waals surface area (Å²) in [5.41, 5.74) is 9.00. The molecule has 252 valence electrons. The highest BCUT2D eigenvalue weighted by Crippen LogP contribution is 2.48. The molecule has 7 nitrogen and oxygen atoms in total. The predicted octanol–water partition coefficient (Wildman–Crippen LogP) is 10.1. The van der Waals surface area contributed by atoms with Crippen LogP contribution in [-0.4, -0.2) is 23.3 Å². The van der Waals surface area contributed by atoms with Crippen LogP contribution in [0, 0.1) is 6.33 Å². The van der Waals surface area contributed by atoms with Crippen molar-refractivity contribution in [3.63, 3.8) is 0 Å². The van der Waals surface area contributed by atoms with Crippen LogP contribution >= 0.6 is 0 Å². The van der Waals surface area contributed by atoms with Crippen LogP contribution in [0.15, 0.2) is 158 Å². The van der Waals surface area contributed by atoms with E-state index in [4.69, 9.17) is 9.72 Å². The molecule has 0 fully saturated rings. The van der Waals surface area contributed by atoms with Crippen molar-refractivity contribution < 1.29 is 9.30 Å². The van der Waals surface area contributed by atoms with Crippen LogP contribution in [0.3, 0.4) is 0 Å². The molecule has 0 N–H and O–H groups in total. The van der Waals surface area contributed by atoms with Gasteiger partial charge in [-0.25, -0.2) is 4.98 Å². The lowest BCUT2D eigenvalue weighted by atomic mass is 10.0. The molecular formula is C46H32N6O. The molecule has 0 bridgehead atoms. The second-order valence-electron chi connectivity index (χ2n) is 13.6. The lowest BCUT2D eigenvalue weighted by molar-refractivity contribution is -0.599. The molecule has 11 rings (SSSR count). The van der Waals surface area contributed by atoms with Gasteiger partial charge in [0.2, 0.25) is 0 Å². The number of imidazole rings is 1. The third kappa shape index (κ3) is 4.28. The molecule has 6 aromatic carbocycles. The summed E-state index contributed by atoms with van der Waals surface area (Å²) in [6.07, 6.45) is 9.31. The van der Waals surface area contributed by atoms with E-state index in [1.807, 2.05) is 70.2 Å². The number of pyridine rings is 1. The molecule has 0 amide bonds. The van der Waals surface area contributed by atoms with E-state index in [9.17, 15) is 0 Å². The zero-order valence-corrected chi connectivity index (χ0v) is 29.1. The summed E-state index contributed by atoms with van der Waals surface area (Å²) in [6.45, 7) is 0. The van der Waals surface area contributed by atoms with Gasteiger partial charge >= 0.3 is 0 Å². The van der Waals surface area contributed by atoms with Crippen molar-refractivity contribution in [3.05, 3.63) is 164 Å². The first-order chi connectivity index (χ1) is 26.1. The number of benzene rings is 6. The van der Waals surface area contributed by atoms with E-state index in [2.05, 4.69) is 131 Å². The van der Waals surface area contributed by atoms with Crippen LogP contribution in [0.1, 0.15) is 0 Å². The van der Waals surface area contributed by atoms with Crippen molar-refractivity contribution in [1.29, 1.82) is 0 Å². The number of aromatic nitrogens is 6. The number of ether oxygens (including phenoxy) is 1. The average Bonchev–Trinajstić information content (AvgIpc) is 3.97. The van der Waals surface area contributed by atoms with Crippen molar-refractivity contribution in [2.45, 2.75) is 0 Å². The average molecular weight is 685 g/mol. The van der Waals surface area contributed by atoms with Gasteiger partial charge in [-0.15, -0.1) is 0 Å². The summed E-state index contributed by atoms with van der Waals surface area (Å²) in [4.78, 5) is 4.95. The summed E-state index contributed by atoms with van der Waals surface area (Å²) >= 11 is 0. The normalized spacial score (nSPS) is 12.0. The molecule has 5 heterocycles. The number of nitrogens with zero attached hydrogens (tertiary/aromatic N) is 6. The Morgan fingerprint density at radius 3 is 2.00 bits per heavy atom. The smallest absolute Gasteiger partial charge is 0.268 e. The SMILES string of the molecule is Cn1c2ccccc2c2c3c4ccc(Oc5cccc(-[n+]6[c-]n(-c7ccccc7)cc6)c5)cc4n(-c4ccccn4)c3c3c4ccccc4n(C)c3c21. The minimum Gasteiger partial charge on any atom is -0.458 e. The van der Waals surface area contributed by atoms with E-state index in [1.165, 1.54) is 49.0 Å². The Balaban J connectivity index is 1.17. The van der Waals surface area contributed by atoms with Gasteiger partial charge in [0, 0.05) is 82.1 Å². The van der Waals surface area contributed by atoms with Crippen LogP contribution < -0.4 is 9.30 Å². The summed E-state index contributed by atoms with van der Waals surface area (Å²) < 4.78 is 17.7. The maximum Gasteiger partial charge on any atom is 0.268 e. The molecule has 0 saturated heterocycles. The van der Waals surface area contributed by atoms with E-state index in [-0.39, 0.29) is 0 Å². The van der Waals surface area contributed by atoms with Gasteiger partial charge in [0.15, 0.2) is 0 Å². The lowest BCUT2D eigenvalue weighted by Crippen LogP contribution is -2.28. The van der Waals surface area contributed by atoms with Gasteiger partial charge in [-0.3, -0.25) is 13.7 Å². The summed E-state index contributed by atoms with van der Waals surface area (Å²) in [5.74, 6) is 2.34. The monoisotopic (exact) mass is 684 g/mol. The molecule has 0 aliphatic heterocycles. The van der Waals surface area contributed by atoms with E-state index in [1.54, 1.807) is 0 Å². The Kier molecular flexibility index (Phi) is 6.25. The van der Waals surface area contributed by atoms with Gasteiger partial charge in [0.1, 0.15) is 17.3 Å². The number of aryl methyl sites for hydroxylation is 2. The standard InChI is InChI=1S/C46H32N6O/c1-48-37-19-8-6-17-34(37)42-41-36-23-22-33(53-32-16-12-15-31(27-32)51-26-25-50(29-51)30-13-4-3-5-14-30)28-39(36)52(40-21-10-11-24-47-40)44(41)43-35-18-7-9-20-38(35)49(2)46(43)45(42)48/h3-28H,1-2H3. The van der Waals surface area contributed by atoms with Gasteiger partial charge in [0.05, 0.1) is 33.4 Å². The van der Waals surface area contributed by atoms with Crippen molar-refractivity contribution in [3.8, 4) is 28.7 Å². The van der Waals surface area contributed by atoms with Gasteiger partial charge < -0.3 is 13.9 Å². The lowest BCUT2D eigenvalue weighted by Gasteiger charge is -2.11. The highest BCUT2D eigenvalue weighted by molar-refractivity contribution is 6.40. The van der Waals surface area contributed by atoms with Crippen LogP contribution in [0.5, 0.6) is 11.5 Å². The van der Waals surface area contributed by atoms with Crippen molar-refractivity contribution >= 4 is 65.4 Å².